The summed E-state index contributed by atoms with van der Waals surface area (Å²) < 4.78 is 50.4. The number of piperidine rings is 1. The zero-order valence-electron chi connectivity index (χ0n) is 16.0. The number of carbonyl (C=O) groups is 1. The van der Waals surface area contributed by atoms with Crippen molar-refractivity contribution in [1.82, 2.24) is 9.88 Å². The third-order valence-corrected chi connectivity index (χ3v) is 4.42. The summed E-state index contributed by atoms with van der Waals surface area (Å²) in [5, 5.41) is 0.326. The third-order valence-electron chi connectivity index (χ3n) is 4.42. The molecule has 0 spiro atoms. The molecule has 3 rings (SSSR count). The molecule has 0 atom stereocenters. The molecular formula is C20H23F3N2O3. The molecule has 0 unspecified atom stereocenters. The van der Waals surface area contributed by atoms with Crippen molar-refractivity contribution in [2.45, 2.75) is 51.5 Å². The second kappa shape index (κ2) is 7.48. The first kappa shape index (κ1) is 20.2. The molecule has 1 fully saturated rings. The Morgan fingerprint density at radius 3 is 2.43 bits per heavy atom. The van der Waals surface area contributed by atoms with Gasteiger partial charge < -0.3 is 14.4 Å². The Balaban J connectivity index is 1.70. The smallest absolute Gasteiger partial charge is 0.416 e. The Morgan fingerprint density at radius 2 is 1.82 bits per heavy atom. The minimum atomic E-state index is -4.43. The second-order valence-corrected chi connectivity index (χ2v) is 7.82. The number of likely N-dealkylation sites (tertiary alicyclic amines) is 1. The van der Waals surface area contributed by atoms with E-state index in [4.69, 9.17) is 9.47 Å². The molecular weight excluding hydrogens is 373 g/mol. The number of hydrogen-bond donors (Lipinski definition) is 0. The predicted molar refractivity (Wildman–Crippen MR) is 98.2 cm³/mol. The van der Waals surface area contributed by atoms with E-state index in [1.807, 2.05) is 20.8 Å². The number of pyridine rings is 1. The van der Waals surface area contributed by atoms with Crippen LogP contribution in [0.1, 0.15) is 39.2 Å². The Bertz CT molecular complexity index is 854. The molecule has 2 heterocycles. The zero-order chi connectivity index (χ0) is 20.5. The quantitative estimate of drug-likeness (QED) is 0.714. The van der Waals surface area contributed by atoms with Gasteiger partial charge >= 0.3 is 12.3 Å². The summed E-state index contributed by atoms with van der Waals surface area (Å²) in [6, 6.07) is 4.99. The summed E-state index contributed by atoms with van der Waals surface area (Å²) in [4.78, 5) is 17.9. The van der Waals surface area contributed by atoms with Gasteiger partial charge in [-0.2, -0.15) is 13.2 Å². The monoisotopic (exact) mass is 396 g/mol. The number of benzene rings is 1. The van der Waals surface area contributed by atoms with E-state index in [-0.39, 0.29) is 12.2 Å². The molecule has 0 radical (unpaired) electrons. The van der Waals surface area contributed by atoms with Gasteiger partial charge in [-0.3, -0.25) is 4.98 Å². The summed E-state index contributed by atoms with van der Waals surface area (Å²) in [5.41, 5.74) is -0.856. The van der Waals surface area contributed by atoms with E-state index in [2.05, 4.69) is 4.98 Å². The molecule has 1 amide bonds. The SMILES string of the molecule is CC(C)(C)OC(=O)N1CCC(Oc2ccnc3ccc(C(F)(F)F)cc23)CC1. The number of alkyl halides is 3. The Labute approximate surface area is 161 Å². The van der Waals surface area contributed by atoms with Crippen LogP contribution in [0.4, 0.5) is 18.0 Å². The van der Waals surface area contributed by atoms with E-state index in [0.29, 0.717) is 42.6 Å². The van der Waals surface area contributed by atoms with Crippen molar-refractivity contribution in [2.75, 3.05) is 13.1 Å². The molecule has 0 aliphatic carbocycles. The van der Waals surface area contributed by atoms with E-state index >= 15 is 0 Å². The first-order valence-corrected chi connectivity index (χ1v) is 9.13. The number of rotatable bonds is 2. The highest BCUT2D eigenvalue weighted by Gasteiger charge is 2.31. The van der Waals surface area contributed by atoms with Crippen molar-refractivity contribution >= 4 is 17.0 Å². The molecule has 0 bridgehead atoms. The first-order valence-electron chi connectivity index (χ1n) is 9.13. The normalized spacial score (nSPS) is 16.3. The van der Waals surface area contributed by atoms with Crippen LogP contribution in [0.3, 0.4) is 0 Å². The molecule has 28 heavy (non-hydrogen) atoms. The first-order chi connectivity index (χ1) is 13.0. The lowest BCUT2D eigenvalue weighted by molar-refractivity contribution is -0.137. The van der Waals surface area contributed by atoms with Crippen molar-refractivity contribution in [3.8, 4) is 5.75 Å². The lowest BCUT2D eigenvalue weighted by Crippen LogP contribution is -2.44. The van der Waals surface area contributed by atoms with E-state index in [1.165, 1.54) is 12.3 Å². The van der Waals surface area contributed by atoms with Crippen LogP contribution in [0.5, 0.6) is 5.75 Å². The fourth-order valence-electron chi connectivity index (χ4n) is 3.06. The number of aromatic nitrogens is 1. The van der Waals surface area contributed by atoms with Gasteiger partial charge in [-0.15, -0.1) is 0 Å². The maximum absolute atomic E-state index is 13.0. The second-order valence-electron chi connectivity index (χ2n) is 7.82. The van der Waals surface area contributed by atoms with Gasteiger partial charge in [0.25, 0.3) is 0 Å². The lowest BCUT2D eigenvalue weighted by Gasteiger charge is -2.33. The van der Waals surface area contributed by atoms with Gasteiger partial charge in [-0.1, -0.05) is 0 Å². The maximum atomic E-state index is 13.0. The molecule has 1 aromatic heterocycles. The number of nitrogens with zero attached hydrogens (tertiary/aromatic N) is 2. The summed E-state index contributed by atoms with van der Waals surface area (Å²) in [6.45, 7) is 6.37. The summed E-state index contributed by atoms with van der Waals surface area (Å²) in [7, 11) is 0. The van der Waals surface area contributed by atoms with Crippen LogP contribution in [0.25, 0.3) is 10.9 Å². The predicted octanol–water partition coefficient (Wildman–Crippen LogP) is 5.03. The minimum Gasteiger partial charge on any atom is -0.490 e. The molecule has 1 aliphatic rings. The van der Waals surface area contributed by atoms with Crippen molar-refractivity contribution in [1.29, 1.82) is 0 Å². The van der Waals surface area contributed by atoms with Gasteiger partial charge in [0, 0.05) is 37.5 Å². The Hall–Kier alpha value is -2.51. The fourth-order valence-corrected chi connectivity index (χ4v) is 3.06. The van der Waals surface area contributed by atoms with Gasteiger partial charge in [-0.05, 0) is 45.0 Å². The number of fused-ring (bicyclic) bond motifs is 1. The maximum Gasteiger partial charge on any atom is 0.416 e. The summed E-state index contributed by atoms with van der Waals surface area (Å²) in [5.74, 6) is 0.367. The molecule has 1 saturated heterocycles. The van der Waals surface area contributed by atoms with Crippen LogP contribution in [0, 0.1) is 0 Å². The summed E-state index contributed by atoms with van der Waals surface area (Å²) in [6.07, 6.45) is -2.33. The van der Waals surface area contributed by atoms with Gasteiger partial charge in [0.15, 0.2) is 0 Å². The van der Waals surface area contributed by atoms with Crippen LogP contribution in [0.2, 0.25) is 0 Å². The van der Waals surface area contributed by atoms with Gasteiger partial charge in [0.05, 0.1) is 11.1 Å². The highest BCUT2D eigenvalue weighted by Crippen LogP contribution is 2.34. The van der Waals surface area contributed by atoms with Crippen LogP contribution in [0.15, 0.2) is 30.5 Å². The Kier molecular flexibility index (Phi) is 5.41. The number of halogens is 3. The number of ether oxygens (including phenoxy) is 2. The standard InChI is InChI=1S/C20H23F3N2O3/c1-19(2,3)28-18(26)25-10-7-14(8-11-25)27-17-6-9-24-16-5-4-13(12-15(16)17)20(21,22)23/h4-6,9,12,14H,7-8,10-11H2,1-3H3. The molecule has 1 aromatic carbocycles. The van der Waals surface area contributed by atoms with Crippen LogP contribution in [-0.4, -0.2) is 40.8 Å². The van der Waals surface area contributed by atoms with E-state index < -0.39 is 17.3 Å². The van der Waals surface area contributed by atoms with Gasteiger partial charge in [0.1, 0.15) is 17.5 Å². The van der Waals surface area contributed by atoms with Crippen molar-refractivity contribution in [3.63, 3.8) is 0 Å². The van der Waals surface area contributed by atoms with Gasteiger partial charge in [0.2, 0.25) is 0 Å². The zero-order valence-corrected chi connectivity index (χ0v) is 16.0. The molecule has 8 heteroatoms. The van der Waals surface area contributed by atoms with Gasteiger partial charge in [-0.25, -0.2) is 4.79 Å². The van der Waals surface area contributed by atoms with Crippen molar-refractivity contribution in [3.05, 3.63) is 36.0 Å². The molecule has 1 aliphatic heterocycles. The lowest BCUT2D eigenvalue weighted by atomic mass is 10.1. The van der Waals surface area contributed by atoms with Crippen LogP contribution in [-0.2, 0) is 10.9 Å². The highest BCUT2D eigenvalue weighted by atomic mass is 19.4. The number of amides is 1. The number of hydrogen-bond acceptors (Lipinski definition) is 4. The molecule has 5 nitrogen and oxygen atoms in total. The van der Waals surface area contributed by atoms with Crippen molar-refractivity contribution in [2.24, 2.45) is 0 Å². The van der Waals surface area contributed by atoms with Crippen molar-refractivity contribution < 1.29 is 27.4 Å². The average Bonchev–Trinajstić information content (AvgIpc) is 2.60. The average molecular weight is 396 g/mol. The topological polar surface area (TPSA) is 51.7 Å². The Morgan fingerprint density at radius 1 is 1.14 bits per heavy atom. The van der Waals surface area contributed by atoms with E-state index in [1.54, 1.807) is 11.0 Å². The molecule has 152 valence electrons. The molecule has 0 N–H and O–H groups in total. The van der Waals surface area contributed by atoms with E-state index in [0.717, 1.165) is 12.1 Å². The molecule has 0 saturated carbocycles. The summed E-state index contributed by atoms with van der Waals surface area (Å²) >= 11 is 0. The van der Waals surface area contributed by atoms with Crippen LogP contribution >= 0.6 is 0 Å². The number of carbonyl (C=O) groups excluding carboxylic acids is 1. The highest BCUT2D eigenvalue weighted by molar-refractivity contribution is 5.85. The minimum absolute atomic E-state index is 0.196. The third kappa shape index (κ3) is 4.85. The molecule has 2 aromatic rings. The largest absolute Gasteiger partial charge is 0.490 e. The fraction of sp³-hybridized carbons (Fsp3) is 0.500. The van der Waals surface area contributed by atoms with Crippen LogP contribution < -0.4 is 4.74 Å². The van der Waals surface area contributed by atoms with E-state index in [9.17, 15) is 18.0 Å².